The van der Waals surface area contributed by atoms with E-state index in [1.54, 1.807) is 0 Å². The Balaban J connectivity index is 3.39. The molecule has 0 saturated heterocycles. The SMILES string of the molecule is COc1ccc(C(=O)O)cc1S(=O)(=O)N(CCO)CCO. The lowest BCUT2D eigenvalue weighted by Crippen LogP contribution is -2.36. The number of aromatic carboxylic acids is 1. The van der Waals surface area contributed by atoms with Crippen LogP contribution in [0.25, 0.3) is 0 Å². The van der Waals surface area contributed by atoms with E-state index in [1.165, 1.54) is 19.2 Å². The summed E-state index contributed by atoms with van der Waals surface area (Å²) in [4.78, 5) is 10.6. The molecule has 0 amide bonds. The third-order valence-electron chi connectivity index (χ3n) is 2.73. The van der Waals surface area contributed by atoms with E-state index in [1.807, 2.05) is 0 Å². The molecule has 1 aromatic rings. The fourth-order valence-electron chi connectivity index (χ4n) is 1.73. The van der Waals surface area contributed by atoms with E-state index in [2.05, 4.69) is 0 Å². The molecule has 0 fully saturated rings. The van der Waals surface area contributed by atoms with E-state index in [-0.39, 0.29) is 29.3 Å². The number of nitrogens with zero attached hydrogens (tertiary/aromatic N) is 1. The van der Waals surface area contributed by atoms with Crippen LogP contribution in [-0.4, -0.2) is 67.4 Å². The summed E-state index contributed by atoms with van der Waals surface area (Å²) in [6.45, 7) is -1.30. The molecule has 0 bridgehead atoms. The maximum atomic E-state index is 12.5. The quantitative estimate of drug-likeness (QED) is 0.582. The molecule has 8 nitrogen and oxygen atoms in total. The van der Waals surface area contributed by atoms with Crippen LogP contribution in [0.15, 0.2) is 23.1 Å². The molecule has 0 aliphatic carbocycles. The molecule has 0 aliphatic heterocycles. The summed E-state index contributed by atoms with van der Waals surface area (Å²) in [5.74, 6) is -1.29. The van der Waals surface area contributed by atoms with Gasteiger partial charge in [0, 0.05) is 13.1 Å². The maximum absolute atomic E-state index is 12.5. The van der Waals surface area contributed by atoms with Gasteiger partial charge in [-0.15, -0.1) is 0 Å². The van der Waals surface area contributed by atoms with Crippen LogP contribution in [0, 0.1) is 0 Å². The molecule has 0 radical (unpaired) electrons. The number of carbonyl (C=O) groups is 1. The Labute approximate surface area is 122 Å². The molecule has 0 atom stereocenters. The topological polar surface area (TPSA) is 124 Å². The average molecular weight is 319 g/mol. The second kappa shape index (κ2) is 7.36. The molecule has 1 aromatic carbocycles. The lowest BCUT2D eigenvalue weighted by molar-refractivity contribution is 0.0696. The highest BCUT2D eigenvalue weighted by molar-refractivity contribution is 7.89. The first-order valence-electron chi connectivity index (χ1n) is 6.01. The zero-order valence-corrected chi connectivity index (χ0v) is 12.2. The van der Waals surface area contributed by atoms with Crippen LogP contribution < -0.4 is 4.74 Å². The first kappa shape index (κ1) is 17.4. The fourth-order valence-corrected chi connectivity index (χ4v) is 3.33. The number of carboxylic acids is 1. The second-order valence-corrected chi connectivity index (χ2v) is 5.93. The lowest BCUT2D eigenvalue weighted by Gasteiger charge is -2.21. The number of sulfonamides is 1. The van der Waals surface area contributed by atoms with Crippen molar-refractivity contribution in [3.8, 4) is 5.75 Å². The smallest absolute Gasteiger partial charge is 0.335 e. The summed E-state index contributed by atoms with van der Waals surface area (Å²) >= 11 is 0. The van der Waals surface area contributed by atoms with Crippen LogP contribution in [0.1, 0.15) is 10.4 Å². The summed E-state index contributed by atoms with van der Waals surface area (Å²) in [5.41, 5.74) is -0.206. The molecule has 0 spiro atoms. The minimum absolute atomic E-state index is 0.0131. The van der Waals surface area contributed by atoms with Crippen molar-refractivity contribution in [2.75, 3.05) is 33.4 Å². The zero-order chi connectivity index (χ0) is 16.0. The highest BCUT2D eigenvalue weighted by Gasteiger charge is 2.28. The number of methoxy groups -OCH3 is 1. The van der Waals surface area contributed by atoms with Crippen LogP contribution in [-0.2, 0) is 10.0 Å². The van der Waals surface area contributed by atoms with E-state index in [4.69, 9.17) is 20.1 Å². The number of rotatable bonds is 8. The first-order valence-corrected chi connectivity index (χ1v) is 7.45. The van der Waals surface area contributed by atoms with Gasteiger partial charge >= 0.3 is 5.97 Å². The van der Waals surface area contributed by atoms with Crippen LogP contribution >= 0.6 is 0 Å². The van der Waals surface area contributed by atoms with Crippen molar-refractivity contribution in [3.05, 3.63) is 23.8 Å². The number of ether oxygens (including phenoxy) is 1. The molecule has 0 heterocycles. The number of aliphatic hydroxyl groups excluding tert-OH is 2. The number of carboxylic acid groups (broad SMARTS) is 1. The van der Waals surface area contributed by atoms with E-state index >= 15 is 0 Å². The Hall–Kier alpha value is -1.68. The van der Waals surface area contributed by atoms with Crippen LogP contribution in [0.5, 0.6) is 5.75 Å². The minimum atomic E-state index is -4.10. The number of hydrogen-bond acceptors (Lipinski definition) is 6. The summed E-state index contributed by atoms with van der Waals surface area (Å²) < 4.78 is 30.8. The third kappa shape index (κ3) is 3.91. The number of benzene rings is 1. The van der Waals surface area contributed by atoms with Crippen molar-refractivity contribution in [2.24, 2.45) is 0 Å². The highest BCUT2D eigenvalue weighted by atomic mass is 32.2. The van der Waals surface area contributed by atoms with Gasteiger partial charge in [0.2, 0.25) is 10.0 Å². The summed E-state index contributed by atoms with van der Waals surface area (Å²) in [6.07, 6.45) is 0. The molecule has 1 rings (SSSR count). The summed E-state index contributed by atoms with van der Waals surface area (Å²) in [7, 11) is -2.84. The molecule has 21 heavy (non-hydrogen) atoms. The Bertz CT molecular complexity index is 594. The van der Waals surface area contributed by atoms with Gasteiger partial charge in [0.1, 0.15) is 10.6 Å². The van der Waals surface area contributed by atoms with Crippen molar-refractivity contribution >= 4 is 16.0 Å². The molecule has 118 valence electrons. The molecule has 0 unspecified atom stereocenters. The van der Waals surface area contributed by atoms with Crippen molar-refractivity contribution in [1.29, 1.82) is 0 Å². The van der Waals surface area contributed by atoms with Gasteiger partial charge in [0.25, 0.3) is 0 Å². The highest BCUT2D eigenvalue weighted by Crippen LogP contribution is 2.27. The lowest BCUT2D eigenvalue weighted by atomic mass is 10.2. The third-order valence-corrected chi connectivity index (χ3v) is 4.65. The molecular formula is C12H17NO7S. The standard InChI is InChI=1S/C12H17NO7S/c1-20-10-3-2-9(12(16)17)8-11(10)21(18,19)13(4-6-14)5-7-15/h2-3,8,14-15H,4-7H2,1H3,(H,16,17). The average Bonchev–Trinajstić information content (AvgIpc) is 2.46. The van der Waals surface area contributed by atoms with E-state index in [0.29, 0.717) is 0 Å². The number of hydrogen-bond donors (Lipinski definition) is 3. The predicted octanol–water partition coefficient (Wildman–Crippen LogP) is -0.631. The van der Waals surface area contributed by atoms with Gasteiger partial charge in [-0.25, -0.2) is 13.2 Å². The monoisotopic (exact) mass is 319 g/mol. The fraction of sp³-hybridized carbons (Fsp3) is 0.417. The molecule has 0 aliphatic rings. The first-order chi connectivity index (χ1) is 9.88. The van der Waals surface area contributed by atoms with Crippen molar-refractivity contribution in [2.45, 2.75) is 4.90 Å². The largest absolute Gasteiger partial charge is 0.495 e. The Morgan fingerprint density at radius 1 is 1.24 bits per heavy atom. The molecule has 0 saturated carbocycles. The van der Waals surface area contributed by atoms with Crippen molar-refractivity contribution in [3.63, 3.8) is 0 Å². The molecular weight excluding hydrogens is 302 g/mol. The normalized spacial score (nSPS) is 11.6. The second-order valence-electron chi connectivity index (χ2n) is 4.02. The van der Waals surface area contributed by atoms with Crippen LogP contribution in [0.4, 0.5) is 0 Å². The summed E-state index contributed by atoms with van der Waals surface area (Å²) in [5, 5.41) is 26.8. The Morgan fingerprint density at radius 3 is 2.24 bits per heavy atom. The summed E-state index contributed by atoms with van der Waals surface area (Å²) in [6, 6.07) is 3.45. The Morgan fingerprint density at radius 2 is 1.81 bits per heavy atom. The van der Waals surface area contributed by atoms with Gasteiger partial charge in [0.05, 0.1) is 25.9 Å². The predicted molar refractivity (Wildman–Crippen MR) is 72.9 cm³/mol. The van der Waals surface area contributed by atoms with Gasteiger partial charge in [-0.3, -0.25) is 0 Å². The van der Waals surface area contributed by atoms with E-state index in [9.17, 15) is 13.2 Å². The zero-order valence-electron chi connectivity index (χ0n) is 11.4. The molecule has 0 aromatic heterocycles. The molecule has 3 N–H and O–H groups in total. The Kier molecular flexibility index (Phi) is 6.09. The van der Waals surface area contributed by atoms with Crippen molar-refractivity contribution < 1.29 is 33.3 Å². The van der Waals surface area contributed by atoms with Gasteiger partial charge in [0.15, 0.2) is 0 Å². The number of aliphatic hydroxyl groups is 2. The maximum Gasteiger partial charge on any atom is 0.335 e. The van der Waals surface area contributed by atoms with Crippen LogP contribution in [0.2, 0.25) is 0 Å². The van der Waals surface area contributed by atoms with E-state index < -0.39 is 29.2 Å². The van der Waals surface area contributed by atoms with E-state index in [0.717, 1.165) is 10.4 Å². The van der Waals surface area contributed by atoms with Crippen molar-refractivity contribution in [1.82, 2.24) is 4.31 Å². The van der Waals surface area contributed by atoms with Gasteiger partial charge in [-0.1, -0.05) is 0 Å². The minimum Gasteiger partial charge on any atom is -0.495 e. The van der Waals surface area contributed by atoms with Gasteiger partial charge in [-0.2, -0.15) is 4.31 Å². The van der Waals surface area contributed by atoms with Gasteiger partial charge in [-0.05, 0) is 18.2 Å². The van der Waals surface area contributed by atoms with Crippen LogP contribution in [0.3, 0.4) is 0 Å². The molecule has 9 heteroatoms. The van der Waals surface area contributed by atoms with Gasteiger partial charge < -0.3 is 20.1 Å².